The van der Waals surface area contributed by atoms with E-state index >= 15 is 0 Å². The number of rotatable bonds is 7. The first-order valence-corrected chi connectivity index (χ1v) is 9.29. The fourth-order valence-electron chi connectivity index (χ4n) is 2.40. The number of para-hydroxylation sites is 2. The van der Waals surface area contributed by atoms with Crippen LogP contribution < -0.4 is 4.74 Å². The quantitative estimate of drug-likeness (QED) is 0.272. The Balaban J connectivity index is 1.59. The Morgan fingerprint density at radius 2 is 2.00 bits per heavy atom. The van der Waals surface area contributed by atoms with Gasteiger partial charge in [0.15, 0.2) is 11.6 Å². The van der Waals surface area contributed by atoms with Gasteiger partial charge in [-0.25, -0.2) is 4.98 Å². The second-order valence-electron chi connectivity index (χ2n) is 5.66. The molecule has 0 bridgehead atoms. The summed E-state index contributed by atoms with van der Waals surface area (Å²) in [5.74, 6) is 0.173. The molecular formula is C20H17N3O4S. The van der Waals surface area contributed by atoms with Crippen molar-refractivity contribution < 1.29 is 19.4 Å². The van der Waals surface area contributed by atoms with Gasteiger partial charge in [0, 0.05) is 4.90 Å². The van der Waals surface area contributed by atoms with Crippen LogP contribution in [0.3, 0.4) is 0 Å². The molecule has 3 rings (SSSR count). The minimum atomic E-state index is -0.505. The molecule has 3 aromatic rings. The largest absolute Gasteiger partial charge is 0.507 e. The lowest BCUT2D eigenvalue weighted by atomic mass is 10.2. The van der Waals surface area contributed by atoms with Gasteiger partial charge >= 0.3 is 5.97 Å². The molecule has 0 spiro atoms. The Hall–Kier alpha value is -3.44. The van der Waals surface area contributed by atoms with Crippen molar-refractivity contribution in [2.75, 3.05) is 19.5 Å². The zero-order valence-electron chi connectivity index (χ0n) is 15.0. The van der Waals surface area contributed by atoms with Gasteiger partial charge in [0.25, 0.3) is 0 Å². The van der Waals surface area contributed by atoms with E-state index in [2.05, 4.69) is 9.97 Å². The fourth-order valence-corrected chi connectivity index (χ4v) is 3.10. The second kappa shape index (κ2) is 8.97. The highest BCUT2D eigenvalue weighted by Gasteiger charge is 2.15. The molecule has 0 unspecified atom stereocenters. The monoisotopic (exact) mass is 395 g/mol. The van der Waals surface area contributed by atoms with Gasteiger partial charge in [0.2, 0.25) is 0 Å². The summed E-state index contributed by atoms with van der Waals surface area (Å²) in [6.07, 6.45) is 0. The van der Waals surface area contributed by atoms with Crippen molar-refractivity contribution in [2.24, 2.45) is 0 Å². The number of carbonyl (C=O) groups is 1. The smallest absolute Gasteiger partial charge is 0.316 e. The first kappa shape index (κ1) is 19.3. The number of ether oxygens (including phenoxy) is 2. The van der Waals surface area contributed by atoms with Crippen LogP contribution in [0.5, 0.6) is 5.75 Å². The lowest BCUT2D eigenvalue weighted by Gasteiger charge is -2.06. The van der Waals surface area contributed by atoms with Gasteiger partial charge in [-0.15, -0.1) is 11.8 Å². The number of fused-ring (bicyclic) bond motifs is 1. The van der Waals surface area contributed by atoms with E-state index in [0.717, 1.165) is 16.2 Å². The highest BCUT2D eigenvalue weighted by atomic mass is 32.2. The normalized spacial score (nSPS) is 11.6. The van der Waals surface area contributed by atoms with Crippen molar-refractivity contribution in [3.63, 3.8) is 0 Å². The molecule has 28 heavy (non-hydrogen) atoms. The average molecular weight is 395 g/mol. The number of aromatic nitrogens is 2. The van der Waals surface area contributed by atoms with Crippen LogP contribution in [0.15, 0.2) is 59.2 Å². The summed E-state index contributed by atoms with van der Waals surface area (Å²) in [5, 5.41) is 19.5. The SMILES string of the molecule is COc1ccc(SCC(=O)OC/C(O)=C(\C#N)c2nc3ccccc3[nH]2)cc1. The van der Waals surface area contributed by atoms with Crippen LogP contribution in [0.4, 0.5) is 0 Å². The first-order chi connectivity index (χ1) is 13.6. The molecule has 0 fully saturated rings. The standard InChI is InChI=1S/C20H17N3O4S/c1-26-13-6-8-14(9-7-13)28-12-19(25)27-11-18(24)15(10-21)20-22-16-4-2-3-5-17(16)23-20/h2-9,24H,11-12H2,1H3,(H,22,23)/b18-15-. The Morgan fingerprint density at radius 1 is 1.25 bits per heavy atom. The molecule has 2 N–H and O–H groups in total. The lowest BCUT2D eigenvalue weighted by molar-refractivity contribution is -0.140. The van der Waals surface area contributed by atoms with Crippen LogP contribution in [-0.4, -0.2) is 40.5 Å². The number of nitriles is 1. The average Bonchev–Trinajstić information content (AvgIpc) is 3.15. The number of esters is 1. The highest BCUT2D eigenvalue weighted by molar-refractivity contribution is 8.00. The third-order valence-electron chi connectivity index (χ3n) is 3.81. The molecule has 0 aliphatic rings. The van der Waals surface area contributed by atoms with Crippen molar-refractivity contribution in [3.05, 3.63) is 60.1 Å². The Kier molecular flexibility index (Phi) is 6.19. The molecule has 2 aromatic carbocycles. The third-order valence-corrected chi connectivity index (χ3v) is 4.80. The number of benzene rings is 2. The first-order valence-electron chi connectivity index (χ1n) is 8.30. The van der Waals surface area contributed by atoms with Crippen LogP contribution in [0.25, 0.3) is 16.6 Å². The van der Waals surface area contributed by atoms with E-state index in [-0.39, 0.29) is 22.9 Å². The number of imidazole rings is 1. The number of hydrogen-bond acceptors (Lipinski definition) is 7. The van der Waals surface area contributed by atoms with E-state index in [0.29, 0.717) is 5.52 Å². The summed E-state index contributed by atoms with van der Waals surface area (Å²) in [4.78, 5) is 20.0. The van der Waals surface area contributed by atoms with Gasteiger partial charge < -0.3 is 19.6 Å². The maximum Gasteiger partial charge on any atom is 0.316 e. The summed E-state index contributed by atoms with van der Waals surface area (Å²) in [5.41, 5.74) is 1.35. The van der Waals surface area contributed by atoms with Crippen LogP contribution in [0, 0.1) is 11.3 Å². The van der Waals surface area contributed by atoms with Crippen molar-refractivity contribution in [3.8, 4) is 11.8 Å². The maximum atomic E-state index is 11.9. The van der Waals surface area contributed by atoms with Crippen molar-refractivity contribution in [1.29, 1.82) is 5.26 Å². The van der Waals surface area contributed by atoms with Crippen LogP contribution in [0.2, 0.25) is 0 Å². The van der Waals surface area contributed by atoms with E-state index in [1.165, 1.54) is 11.8 Å². The summed E-state index contributed by atoms with van der Waals surface area (Å²) in [7, 11) is 1.58. The molecule has 1 aromatic heterocycles. The number of hydrogen-bond donors (Lipinski definition) is 2. The molecule has 0 saturated carbocycles. The zero-order chi connectivity index (χ0) is 19.9. The number of nitrogens with zero attached hydrogens (tertiary/aromatic N) is 2. The Bertz CT molecular complexity index is 1020. The van der Waals surface area contributed by atoms with E-state index in [9.17, 15) is 15.2 Å². The summed E-state index contributed by atoms with van der Waals surface area (Å²) in [6.45, 7) is -0.401. The van der Waals surface area contributed by atoms with Gasteiger partial charge in [0.05, 0.1) is 23.9 Å². The number of thioether (sulfide) groups is 1. The number of H-pyrrole nitrogens is 1. The number of aliphatic hydroxyl groups is 1. The number of methoxy groups -OCH3 is 1. The molecule has 0 atom stereocenters. The molecule has 0 aliphatic heterocycles. The molecular weight excluding hydrogens is 378 g/mol. The van der Waals surface area contributed by atoms with Crippen LogP contribution in [-0.2, 0) is 9.53 Å². The van der Waals surface area contributed by atoms with E-state index in [4.69, 9.17) is 9.47 Å². The number of nitrogens with one attached hydrogen (secondary N) is 1. The summed E-state index contributed by atoms with van der Waals surface area (Å²) in [6, 6.07) is 16.4. The van der Waals surface area contributed by atoms with Crippen LogP contribution >= 0.6 is 11.8 Å². The summed E-state index contributed by atoms with van der Waals surface area (Å²) >= 11 is 1.30. The zero-order valence-corrected chi connectivity index (χ0v) is 15.8. The Morgan fingerprint density at radius 3 is 2.68 bits per heavy atom. The molecule has 142 valence electrons. The van der Waals surface area contributed by atoms with E-state index in [1.54, 1.807) is 25.3 Å². The fraction of sp³-hybridized carbons (Fsp3) is 0.150. The molecule has 1 heterocycles. The second-order valence-corrected chi connectivity index (χ2v) is 6.71. The number of allylic oxidation sites excluding steroid dienone is 1. The van der Waals surface area contributed by atoms with Gasteiger partial charge in [-0.05, 0) is 36.4 Å². The van der Waals surface area contributed by atoms with Gasteiger partial charge in [-0.3, -0.25) is 4.79 Å². The van der Waals surface area contributed by atoms with Crippen molar-refractivity contribution in [2.45, 2.75) is 4.90 Å². The Labute approximate surface area is 165 Å². The van der Waals surface area contributed by atoms with Crippen molar-refractivity contribution >= 4 is 34.3 Å². The predicted molar refractivity (Wildman–Crippen MR) is 106 cm³/mol. The minimum absolute atomic E-state index is 0.0631. The van der Waals surface area contributed by atoms with E-state index in [1.807, 2.05) is 36.4 Å². The molecule has 0 radical (unpaired) electrons. The van der Waals surface area contributed by atoms with Crippen LogP contribution in [0.1, 0.15) is 5.82 Å². The maximum absolute atomic E-state index is 11.9. The van der Waals surface area contributed by atoms with Gasteiger partial charge in [-0.1, -0.05) is 12.1 Å². The molecule has 8 heteroatoms. The highest BCUT2D eigenvalue weighted by Crippen LogP contribution is 2.22. The lowest BCUT2D eigenvalue weighted by Crippen LogP contribution is -2.11. The van der Waals surface area contributed by atoms with E-state index < -0.39 is 12.6 Å². The minimum Gasteiger partial charge on any atom is -0.507 e. The molecule has 0 amide bonds. The third kappa shape index (κ3) is 4.64. The predicted octanol–water partition coefficient (Wildman–Crippen LogP) is 3.70. The van der Waals surface area contributed by atoms with Gasteiger partial charge in [-0.2, -0.15) is 5.26 Å². The number of aromatic amines is 1. The number of aliphatic hydroxyl groups excluding tert-OH is 1. The summed E-state index contributed by atoms with van der Waals surface area (Å²) < 4.78 is 10.1. The topological polar surface area (TPSA) is 108 Å². The molecule has 7 nitrogen and oxygen atoms in total. The molecule has 0 aliphatic carbocycles. The van der Waals surface area contributed by atoms with Gasteiger partial charge in [0.1, 0.15) is 24.0 Å². The molecule has 0 saturated heterocycles. The van der Waals surface area contributed by atoms with Crippen molar-refractivity contribution in [1.82, 2.24) is 9.97 Å². The number of carbonyl (C=O) groups excluding carboxylic acids is 1.